The molecule has 2 rings (SSSR count). The Morgan fingerprint density at radius 3 is 2.21 bits per heavy atom. The summed E-state index contributed by atoms with van der Waals surface area (Å²) in [6.07, 6.45) is 1.21. The van der Waals surface area contributed by atoms with Crippen LogP contribution in [0, 0.1) is 5.92 Å². The molecule has 0 unspecified atom stereocenters. The monoisotopic (exact) mass is 388 g/mol. The van der Waals surface area contributed by atoms with Gasteiger partial charge in [0.15, 0.2) is 0 Å². The first-order valence-corrected chi connectivity index (χ1v) is 8.55. The summed E-state index contributed by atoms with van der Waals surface area (Å²) in [6, 6.07) is 7.16. The van der Waals surface area contributed by atoms with E-state index in [1.165, 1.54) is 12.0 Å². The van der Waals surface area contributed by atoms with Gasteiger partial charge in [-0.25, -0.2) is 0 Å². The minimum atomic E-state index is 0.524. The molecular weight excluding hydrogens is 368 g/mol. The Bertz CT molecular complexity index is 394. The van der Waals surface area contributed by atoms with E-state index in [0.29, 0.717) is 12.0 Å². The average Bonchev–Trinajstić information content (AvgIpc) is 2.35. The molecular formula is C15H22Br2N2. The third-order valence-corrected chi connectivity index (χ3v) is 4.47. The van der Waals surface area contributed by atoms with Crippen LogP contribution in [0.1, 0.15) is 31.9 Å². The third kappa shape index (κ3) is 4.55. The Kier molecular flexibility index (Phi) is 5.87. The van der Waals surface area contributed by atoms with Crippen LogP contribution in [-0.4, -0.2) is 31.1 Å². The topological polar surface area (TPSA) is 15.3 Å². The number of nitrogens with one attached hydrogen (secondary N) is 1. The van der Waals surface area contributed by atoms with Crippen LogP contribution in [-0.2, 0) is 0 Å². The van der Waals surface area contributed by atoms with E-state index in [0.717, 1.165) is 35.1 Å². The lowest BCUT2D eigenvalue weighted by Gasteiger charge is -2.36. The minimum absolute atomic E-state index is 0.524. The first-order valence-electron chi connectivity index (χ1n) is 6.97. The van der Waals surface area contributed by atoms with Gasteiger partial charge in [0.2, 0.25) is 0 Å². The van der Waals surface area contributed by atoms with E-state index in [1.807, 2.05) is 0 Å². The zero-order valence-electron chi connectivity index (χ0n) is 11.6. The number of halogens is 2. The second-order valence-corrected chi connectivity index (χ2v) is 7.47. The van der Waals surface area contributed by atoms with E-state index in [-0.39, 0.29) is 0 Å². The van der Waals surface area contributed by atoms with Crippen molar-refractivity contribution in [2.75, 3.05) is 26.2 Å². The maximum Gasteiger partial charge on any atom is 0.0352 e. The molecule has 1 atom stereocenters. The molecule has 1 aliphatic rings. The van der Waals surface area contributed by atoms with Gasteiger partial charge in [0.05, 0.1) is 0 Å². The van der Waals surface area contributed by atoms with Gasteiger partial charge in [-0.3, -0.25) is 4.90 Å². The molecule has 0 spiro atoms. The van der Waals surface area contributed by atoms with Crippen LogP contribution < -0.4 is 5.32 Å². The number of benzene rings is 1. The highest BCUT2D eigenvalue weighted by Gasteiger charge is 2.23. The highest BCUT2D eigenvalue weighted by atomic mass is 79.9. The zero-order valence-corrected chi connectivity index (χ0v) is 14.8. The van der Waals surface area contributed by atoms with Crippen molar-refractivity contribution in [1.29, 1.82) is 0 Å². The largest absolute Gasteiger partial charge is 0.314 e. The van der Waals surface area contributed by atoms with E-state index in [1.54, 1.807) is 0 Å². The molecule has 0 radical (unpaired) electrons. The molecule has 0 amide bonds. The van der Waals surface area contributed by atoms with Crippen molar-refractivity contribution in [3.63, 3.8) is 0 Å². The third-order valence-electron chi connectivity index (χ3n) is 3.56. The smallest absolute Gasteiger partial charge is 0.0352 e. The molecule has 1 saturated heterocycles. The van der Waals surface area contributed by atoms with Crippen molar-refractivity contribution >= 4 is 31.9 Å². The van der Waals surface area contributed by atoms with Crippen LogP contribution in [0.3, 0.4) is 0 Å². The van der Waals surface area contributed by atoms with Gasteiger partial charge in [-0.05, 0) is 36.1 Å². The molecule has 0 bridgehead atoms. The van der Waals surface area contributed by atoms with Crippen molar-refractivity contribution < 1.29 is 0 Å². The Balaban J connectivity index is 2.24. The Morgan fingerprint density at radius 2 is 1.68 bits per heavy atom. The van der Waals surface area contributed by atoms with Crippen LogP contribution in [0.5, 0.6) is 0 Å². The summed E-state index contributed by atoms with van der Waals surface area (Å²) in [7, 11) is 0. The molecule has 19 heavy (non-hydrogen) atoms. The van der Waals surface area contributed by atoms with Gasteiger partial charge in [-0.1, -0.05) is 45.7 Å². The van der Waals surface area contributed by atoms with Gasteiger partial charge in [-0.2, -0.15) is 0 Å². The van der Waals surface area contributed by atoms with E-state index in [2.05, 4.69) is 74.1 Å². The molecule has 1 aromatic carbocycles. The fourth-order valence-corrected chi connectivity index (χ4v) is 4.03. The fourth-order valence-electron chi connectivity index (χ4n) is 2.70. The second-order valence-electron chi connectivity index (χ2n) is 5.63. The summed E-state index contributed by atoms with van der Waals surface area (Å²) in [5.74, 6) is 0.706. The van der Waals surface area contributed by atoms with Gasteiger partial charge >= 0.3 is 0 Å². The molecule has 2 nitrogen and oxygen atoms in total. The predicted octanol–water partition coefficient (Wildman–Crippen LogP) is 4.20. The molecule has 1 heterocycles. The van der Waals surface area contributed by atoms with Crippen molar-refractivity contribution in [2.45, 2.75) is 26.3 Å². The molecule has 106 valence electrons. The first kappa shape index (κ1) is 15.5. The van der Waals surface area contributed by atoms with Crippen LogP contribution >= 0.6 is 31.9 Å². The lowest BCUT2D eigenvalue weighted by Crippen LogP contribution is -2.45. The number of hydrogen-bond acceptors (Lipinski definition) is 2. The van der Waals surface area contributed by atoms with Crippen LogP contribution in [0.2, 0.25) is 0 Å². The van der Waals surface area contributed by atoms with E-state index in [9.17, 15) is 0 Å². The van der Waals surface area contributed by atoms with E-state index in [4.69, 9.17) is 0 Å². The Hall–Kier alpha value is 0.1000. The van der Waals surface area contributed by atoms with Gasteiger partial charge < -0.3 is 5.32 Å². The SMILES string of the molecule is CC(C)C[C@H](c1cc(Br)cc(Br)c1)N1CCNCC1. The summed E-state index contributed by atoms with van der Waals surface area (Å²) in [5.41, 5.74) is 1.41. The normalized spacial score (nSPS) is 18.8. The molecule has 1 aromatic rings. The number of hydrogen-bond donors (Lipinski definition) is 1. The molecule has 4 heteroatoms. The molecule has 1 N–H and O–H groups in total. The zero-order chi connectivity index (χ0) is 13.8. The highest BCUT2D eigenvalue weighted by Crippen LogP contribution is 2.32. The Morgan fingerprint density at radius 1 is 1.11 bits per heavy atom. The van der Waals surface area contributed by atoms with Gasteiger partial charge in [0.25, 0.3) is 0 Å². The number of piperazine rings is 1. The maximum absolute atomic E-state index is 3.61. The minimum Gasteiger partial charge on any atom is -0.314 e. The van der Waals surface area contributed by atoms with Crippen LogP contribution in [0.4, 0.5) is 0 Å². The lowest BCUT2D eigenvalue weighted by molar-refractivity contribution is 0.154. The van der Waals surface area contributed by atoms with Crippen molar-refractivity contribution in [3.8, 4) is 0 Å². The first-order chi connectivity index (χ1) is 9.06. The lowest BCUT2D eigenvalue weighted by atomic mass is 9.95. The van der Waals surface area contributed by atoms with E-state index >= 15 is 0 Å². The number of rotatable bonds is 4. The predicted molar refractivity (Wildman–Crippen MR) is 88.5 cm³/mol. The molecule has 0 aromatic heterocycles. The highest BCUT2D eigenvalue weighted by molar-refractivity contribution is 9.11. The molecule has 1 fully saturated rings. The van der Waals surface area contributed by atoms with Gasteiger partial charge in [-0.15, -0.1) is 0 Å². The average molecular weight is 390 g/mol. The molecule has 1 aliphatic heterocycles. The van der Waals surface area contributed by atoms with Gasteiger partial charge in [0, 0.05) is 41.2 Å². The quantitative estimate of drug-likeness (QED) is 0.829. The standard InChI is InChI=1S/C15H22Br2N2/c1-11(2)7-15(19-5-3-18-4-6-19)12-8-13(16)10-14(17)9-12/h8-11,15,18H,3-7H2,1-2H3/t15-/m1/s1. The van der Waals surface area contributed by atoms with E-state index < -0.39 is 0 Å². The summed E-state index contributed by atoms with van der Waals surface area (Å²) < 4.78 is 2.31. The summed E-state index contributed by atoms with van der Waals surface area (Å²) >= 11 is 7.22. The fraction of sp³-hybridized carbons (Fsp3) is 0.600. The van der Waals surface area contributed by atoms with Crippen molar-refractivity contribution in [1.82, 2.24) is 10.2 Å². The van der Waals surface area contributed by atoms with Crippen LogP contribution in [0.15, 0.2) is 27.1 Å². The second kappa shape index (κ2) is 7.21. The number of nitrogens with zero attached hydrogens (tertiary/aromatic N) is 1. The van der Waals surface area contributed by atoms with Crippen molar-refractivity contribution in [2.24, 2.45) is 5.92 Å². The van der Waals surface area contributed by atoms with Crippen LogP contribution in [0.25, 0.3) is 0 Å². The maximum atomic E-state index is 3.61. The Labute approximate surface area is 133 Å². The summed E-state index contributed by atoms with van der Waals surface area (Å²) in [5, 5.41) is 3.44. The summed E-state index contributed by atoms with van der Waals surface area (Å²) in [4.78, 5) is 2.62. The van der Waals surface area contributed by atoms with Gasteiger partial charge in [0.1, 0.15) is 0 Å². The summed E-state index contributed by atoms with van der Waals surface area (Å²) in [6.45, 7) is 9.10. The molecule has 0 aliphatic carbocycles. The molecule has 0 saturated carbocycles. The van der Waals surface area contributed by atoms with Crippen molar-refractivity contribution in [3.05, 3.63) is 32.7 Å².